The molecule has 162 valence electrons. The van der Waals surface area contributed by atoms with Gasteiger partial charge in [-0.1, -0.05) is 69.7 Å². The number of esters is 1. The number of Topliss-reactive ketones (excluding diaryl/α,β-unsaturated/α-hetero) is 1. The minimum absolute atomic E-state index is 0.106. The van der Waals surface area contributed by atoms with Gasteiger partial charge in [-0.05, 0) is 41.5 Å². The van der Waals surface area contributed by atoms with Gasteiger partial charge in [-0.3, -0.25) is 4.79 Å². The average Bonchev–Trinajstić information content (AvgIpc) is 2.71. The van der Waals surface area contributed by atoms with E-state index in [4.69, 9.17) is 4.74 Å². The Bertz CT molecular complexity index is 1100. The molecule has 4 heteroatoms. The molecule has 2 aromatic carbocycles. The summed E-state index contributed by atoms with van der Waals surface area (Å²) in [4.78, 5) is 26.7. The van der Waals surface area contributed by atoms with Gasteiger partial charge in [0.1, 0.15) is 0 Å². The van der Waals surface area contributed by atoms with Gasteiger partial charge in [-0.2, -0.15) is 0 Å². The van der Waals surface area contributed by atoms with E-state index < -0.39 is 5.92 Å². The second-order valence-corrected chi connectivity index (χ2v) is 9.49. The van der Waals surface area contributed by atoms with Gasteiger partial charge in [0.15, 0.2) is 5.78 Å². The van der Waals surface area contributed by atoms with E-state index in [9.17, 15) is 9.59 Å². The van der Waals surface area contributed by atoms with Crippen LogP contribution in [-0.2, 0) is 14.3 Å². The van der Waals surface area contributed by atoms with Crippen LogP contribution in [0.25, 0.3) is 10.8 Å². The number of rotatable bonds is 5. The average molecular weight is 418 g/mol. The lowest BCUT2D eigenvalue weighted by atomic mass is 9.68. The third-order valence-electron chi connectivity index (χ3n) is 6.33. The number of ketones is 1. The van der Waals surface area contributed by atoms with Crippen molar-refractivity contribution in [2.75, 3.05) is 6.61 Å². The number of benzene rings is 2. The highest BCUT2D eigenvalue weighted by molar-refractivity contribution is 6.05. The van der Waals surface area contributed by atoms with Gasteiger partial charge in [-0.25, -0.2) is 4.79 Å². The minimum Gasteiger partial charge on any atom is -0.462 e. The predicted octanol–water partition coefficient (Wildman–Crippen LogP) is 5.79. The van der Waals surface area contributed by atoms with Crippen molar-refractivity contribution in [3.8, 4) is 0 Å². The summed E-state index contributed by atoms with van der Waals surface area (Å²) in [6.45, 7) is 8.62. The van der Waals surface area contributed by atoms with E-state index in [2.05, 4.69) is 44.3 Å². The minimum atomic E-state index is -0.417. The zero-order valence-electron chi connectivity index (χ0n) is 18.9. The molecule has 0 spiro atoms. The first-order chi connectivity index (χ1) is 14.8. The van der Waals surface area contributed by atoms with Crippen LogP contribution >= 0.6 is 0 Å². The Morgan fingerprint density at radius 1 is 1.13 bits per heavy atom. The number of dihydropyridines is 1. The van der Waals surface area contributed by atoms with Crippen LogP contribution in [0.5, 0.6) is 0 Å². The summed E-state index contributed by atoms with van der Waals surface area (Å²) in [5, 5.41) is 5.57. The van der Waals surface area contributed by atoms with Crippen LogP contribution in [0, 0.1) is 5.41 Å². The summed E-state index contributed by atoms with van der Waals surface area (Å²) >= 11 is 0. The lowest BCUT2D eigenvalue weighted by Gasteiger charge is -2.39. The van der Waals surface area contributed by atoms with Crippen LogP contribution in [-0.4, -0.2) is 18.4 Å². The van der Waals surface area contributed by atoms with Crippen molar-refractivity contribution in [1.29, 1.82) is 0 Å². The van der Waals surface area contributed by atoms with Crippen LogP contribution in [0.4, 0.5) is 0 Å². The molecule has 4 rings (SSSR count). The van der Waals surface area contributed by atoms with E-state index in [1.807, 2.05) is 31.2 Å². The molecule has 1 N–H and O–H groups in total. The molecule has 4 nitrogen and oxygen atoms in total. The Labute approximate surface area is 184 Å². The first-order valence-electron chi connectivity index (χ1n) is 11.2. The largest absolute Gasteiger partial charge is 0.462 e. The first-order valence-corrected chi connectivity index (χ1v) is 11.2. The van der Waals surface area contributed by atoms with Crippen molar-refractivity contribution in [3.63, 3.8) is 0 Å². The maximum Gasteiger partial charge on any atom is 0.336 e. The van der Waals surface area contributed by atoms with Crippen molar-refractivity contribution >= 4 is 22.5 Å². The molecular weight excluding hydrogens is 386 g/mol. The Kier molecular flexibility index (Phi) is 5.74. The third kappa shape index (κ3) is 4.04. The molecule has 0 saturated carbocycles. The predicted molar refractivity (Wildman–Crippen MR) is 123 cm³/mol. The number of ether oxygens (including phenoxy) is 1. The summed E-state index contributed by atoms with van der Waals surface area (Å²) in [5.41, 5.74) is 3.89. The number of unbranched alkanes of at least 4 members (excludes halogenated alkanes) is 1. The molecule has 0 saturated heterocycles. The molecule has 2 aromatic rings. The van der Waals surface area contributed by atoms with E-state index in [0.29, 0.717) is 18.6 Å². The van der Waals surface area contributed by atoms with Crippen LogP contribution in [0.15, 0.2) is 65.0 Å². The van der Waals surface area contributed by atoms with E-state index in [0.717, 1.165) is 52.6 Å². The summed E-state index contributed by atoms with van der Waals surface area (Å²) < 4.78 is 5.64. The number of allylic oxidation sites excluding steroid dienone is 3. The molecule has 31 heavy (non-hydrogen) atoms. The molecule has 1 atom stereocenters. The van der Waals surface area contributed by atoms with Crippen molar-refractivity contribution in [1.82, 2.24) is 5.32 Å². The SMILES string of the molecule is CCCCOC(=O)C1=C(C)NC2=C(C(=O)CC(C)(C)C2)C1c1cccc2ccccc12. The van der Waals surface area contributed by atoms with Crippen molar-refractivity contribution < 1.29 is 14.3 Å². The van der Waals surface area contributed by atoms with E-state index >= 15 is 0 Å². The highest BCUT2D eigenvalue weighted by Crippen LogP contribution is 2.48. The normalized spacial score (nSPS) is 20.5. The first kappa shape index (κ1) is 21.4. The Hall–Kier alpha value is -2.88. The van der Waals surface area contributed by atoms with Gasteiger partial charge in [0.05, 0.1) is 12.2 Å². The molecule has 1 aliphatic heterocycles. The fourth-order valence-electron chi connectivity index (χ4n) is 4.91. The van der Waals surface area contributed by atoms with Gasteiger partial charge in [0, 0.05) is 29.3 Å². The van der Waals surface area contributed by atoms with Gasteiger partial charge in [0.25, 0.3) is 0 Å². The van der Waals surface area contributed by atoms with Gasteiger partial charge in [-0.15, -0.1) is 0 Å². The maximum absolute atomic E-state index is 13.4. The number of fused-ring (bicyclic) bond motifs is 1. The van der Waals surface area contributed by atoms with Crippen molar-refractivity contribution in [2.24, 2.45) is 5.41 Å². The van der Waals surface area contributed by atoms with Gasteiger partial charge < -0.3 is 10.1 Å². The third-order valence-corrected chi connectivity index (χ3v) is 6.33. The van der Waals surface area contributed by atoms with Gasteiger partial charge in [0.2, 0.25) is 0 Å². The monoisotopic (exact) mass is 417 g/mol. The maximum atomic E-state index is 13.4. The van der Waals surface area contributed by atoms with E-state index in [1.54, 1.807) is 0 Å². The lowest BCUT2D eigenvalue weighted by molar-refractivity contribution is -0.139. The summed E-state index contributed by atoms with van der Waals surface area (Å²) in [5.74, 6) is -0.635. The fraction of sp³-hybridized carbons (Fsp3) is 0.407. The highest BCUT2D eigenvalue weighted by Gasteiger charge is 2.43. The van der Waals surface area contributed by atoms with Crippen LogP contribution in [0.3, 0.4) is 0 Å². The summed E-state index contributed by atoms with van der Waals surface area (Å²) in [6, 6.07) is 14.3. The zero-order valence-corrected chi connectivity index (χ0v) is 18.9. The van der Waals surface area contributed by atoms with Crippen molar-refractivity contribution in [2.45, 2.75) is 59.3 Å². The number of hydrogen-bond acceptors (Lipinski definition) is 4. The van der Waals surface area contributed by atoms with E-state index in [1.165, 1.54) is 0 Å². The topological polar surface area (TPSA) is 55.4 Å². The van der Waals surface area contributed by atoms with Gasteiger partial charge >= 0.3 is 5.97 Å². The van der Waals surface area contributed by atoms with Crippen molar-refractivity contribution in [3.05, 3.63) is 70.6 Å². The number of nitrogens with one attached hydrogen (secondary N) is 1. The second kappa shape index (κ2) is 8.33. The molecule has 1 unspecified atom stereocenters. The standard InChI is InChI=1S/C27H31NO3/c1-5-6-14-31-26(30)23-17(2)28-21-15-27(3,4)16-22(29)25(21)24(23)20-13-9-11-18-10-7-8-12-19(18)20/h7-13,24,28H,5-6,14-16H2,1-4H3. The van der Waals surface area contributed by atoms with E-state index in [-0.39, 0.29) is 17.2 Å². The Balaban J connectivity index is 1.89. The molecule has 0 fully saturated rings. The van der Waals surface area contributed by atoms with Crippen LogP contribution in [0.1, 0.15) is 64.9 Å². The number of hydrogen-bond donors (Lipinski definition) is 1. The summed E-state index contributed by atoms with van der Waals surface area (Å²) in [6.07, 6.45) is 3.04. The Morgan fingerprint density at radius 3 is 2.65 bits per heavy atom. The molecule has 1 aliphatic carbocycles. The smallest absolute Gasteiger partial charge is 0.336 e. The fourth-order valence-corrected chi connectivity index (χ4v) is 4.91. The van der Waals surface area contributed by atoms with Crippen LogP contribution < -0.4 is 5.32 Å². The molecule has 0 aromatic heterocycles. The number of carbonyl (C=O) groups is 2. The number of carbonyl (C=O) groups excluding carboxylic acids is 2. The molecule has 0 amide bonds. The molecular formula is C27H31NO3. The second-order valence-electron chi connectivity index (χ2n) is 9.49. The quantitative estimate of drug-likeness (QED) is 0.494. The molecule has 0 radical (unpaired) electrons. The highest BCUT2D eigenvalue weighted by atomic mass is 16.5. The molecule has 2 aliphatic rings. The van der Waals surface area contributed by atoms with Crippen LogP contribution in [0.2, 0.25) is 0 Å². The molecule has 0 bridgehead atoms. The lowest BCUT2D eigenvalue weighted by Crippen LogP contribution is -2.38. The zero-order chi connectivity index (χ0) is 22.2. The summed E-state index contributed by atoms with van der Waals surface area (Å²) in [7, 11) is 0. The Morgan fingerprint density at radius 2 is 1.87 bits per heavy atom. The molecule has 1 heterocycles.